The molecule has 21 heavy (non-hydrogen) atoms. The molecular weight excluding hydrogens is 282 g/mol. The summed E-state index contributed by atoms with van der Waals surface area (Å²) in [6, 6.07) is 11.6. The highest BCUT2D eigenvalue weighted by atomic mass is 32.1. The van der Waals surface area contributed by atoms with E-state index in [4.69, 9.17) is 12.2 Å². The third-order valence-electron chi connectivity index (χ3n) is 3.04. The predicted molar refractivity (Wildman–Crippen MR) is 86.7 cm³/mol. The second kappa shape index (κ2) is 7.50. The molecule has 4 nitrogen and oxygen atoms in total. The third-order valence-corrected chi connectivity index (χ3v) is 3.29. The Kier molecular flexibility index (Phi) is 5.40. The zero-order chi connectivity index (χ0) is 15.1. The molecule has 108 valence electrons. The van der Waals surface area contributed by atoms with Gasteiger partial charge in [-0.2, -0.15) is 0 Å². The number of thiocarbonyl (C=S) groups is 1. The molecule has 0 aliphatic heterocycles. The zero-order valence-corrected chi connectivity index (χ0v) is 12.6. The van der Waals surface area contributed by atoms with E-state index in [1.165, 1.54) is 0 Å². The number of rotatable bonds is 4. The Morgan fingerprint density at radius 1 is 1.24 bits per heavy atom. The van der Waals surface area contributed by atoms with Crippen LogP contribution in [0.2, 0.25) is 0 Å². The number of amides is 1. The van der Waals surface area contributed by atoms with Crippen molar-refractivity contribution >= 4 is 23.2 Å². The highest BCUT2D eigenvalue weighted by molar-refractivity contribution is 7.80. The van der Waals surface area contributed by atoms with E-state index in [-0.39, 0.29) is 5.91 Å². The molecule has 1 heterocycles. The van der Waals surface area contributed by atoms with Gasteiger partial charge >= 0.3 is 0 Å². The first-order valence-corrected chi connectivity index (χ1v) is 7.07. The van der Waals surface area contributed by atoms with Crippen LogP contribution in [0, 0.1) is 6.92 Å². The van der Waals surface area contributed by atoms with Crippen molar-refractivity contribution in [3.8, 4) is 0 Å². The van der Waals surface area contributed by atoms with Crippen molar-refractivity contribution in [3.05, 3.63) is 65.5 Å². The largest absolute Gasteiger partial charge is 0.358 e. The average molecular weight is 299 g/mol. The fourth-order valence-corrected chi connectivity index (χ4v) is 2.07. The number of pyridine rings is 1. The van der Waals surface area contributed by atoms with Gasteiger partial charge in [0.2, 0.25) is 5.91 Å². The van der Waals surface area contributed by atoms with Crippen molar-refractivity contribution in [2.24, 2.45) is 0 Å². The molecule has 0 unspecified atom stereocenters. The second-order valence-electron chi connectivity index (χ2n) is 4.70. The van der Waals surface area contributed by atoms with Gasteiger partial charge in [0.15, 0.2) is 5.11 Å². The molecule has 0 fully saturated rings. The van der Waals surface area contributed by atoms with E-state index in [2.05, 4.69) is 15.6 Å². The maximum absolute atomic E-state index is 11.9. The van der Waals surface area contributed by atoms with Crippen LogP contribution in [-0.4, -0.2) is 16.0 Å². The van der Waals surface area contributed by atoms with Crippen LogP contribution in [0.15, 0.2) is 48.8 Å². The highest BCUT2D eigenvalue weighted by Gasteiger charge is 2.07. The summed E-state index contributed by atoms with van der Waals surface area (Å²) >= 11 is 5.12. The second-order valence-corrected chi connectivity index (χ2v) is 5.10. The van der Waals surface area contributed by atoms with Crippen molar-refractivity contribution in [2.45, 2.75) is 19.9 Å². The van der Waals surface area contributed by atoms with E-state index in [0.717, 1.165) is 16.7 Å². The van der Waals surface area contributed by atoms with Crippen molar-refractivity contribution < 1.29 is 4.79 Å². The zero-order valence-electron chi connectivity index (χ0n) is 11.8. The molecule has 0 saturated heterocycles. The molecule has 5 heteroatoms. The maximum atomic E-state index is 11.9. The van der Waals surface area contributed by atoms with Gasteiger partial charge in [-0.15, -0.1) is 0 Å². The van der Waals surface area contributed by atoms with E-state index in [1.54, 1.807) is 12.4 Å². The van der Waals surface area contributed by atoms with E-state index in [1.807, 2.05) is 43.3 Å². The molecule has 2 aromatic rings. The summed E-state index contributed by atoms with van der Waals surface area (Å²) in [6.07, 6.45) is 3.79. The smallest absolute Gasteiger partial charge is 0.230 e. The predicted octanol–water partition coefficient (Wildman–Crippen LogP) is 2.12. The molecule has 0 saturated carbocycles. The number of aryl methyl sites for hydroxylation is 1. The summed E-state index contributed by atoms with van der Waals surface area (Å²) in [6.45, 7) is 2.53. The van der Waals surface area contributed by atoms with Gasteiger partial charge in [0.25, 0.3) is 0 Å². The standard InChI is InChI=1S/C16H17N3OS/c1-12-5-2-3-7-14(12)9-15(20)19-16(21)18-11-13-6-4-8-17-10-13/h2-8,10H,9,11H2,1H3,(H2,18,19,20,21). The summed E-state index contributed by atoms with van der Waals surface area (Å²) in [5.74, 6) is -0.118. The summed E-state index contributed by atoms with van der Waals surface area (Å²) in [7, 11) is 0. The highest BCUT2D eigenvalue weighted by Crippen LogP contribution is 2.07. The quantitative estimate of drug-likeness (QED) is 0.849. The molecule has 0 radical (unpaired) electrons. The van der Waals surface area contributed by atoms with E-state index < -0.39 is 0 Å². The first-order valence-electron chi connectivity index (χ1n) is 6.66. The van der Waals surface area contributed by atoms with Gasteiger partial charge in [0.1, 0.15) is 0 Å². The van der Waals surface area contributed by atoms with Crippen LogP contribution in [0.4, 0.5) is 0 Å². The summed E-state index contributed by atoms with van der Waals surface area (Å²) < 4.78 is 0. The fourth-order valence-electron chi connectivity index (χ4n) is 1.88. The molecule has 0 aliphatic rings. The molecular formula is C16H17N3OS. The minimum absolute atomic E-state index is 0.118. The molecule has 2 rings (SSSR count). The van der Waals surface area contributed by atoms with Gasteiger partial charge in [0, 0.05) is 18.9 Å². The SMILES string of the molecule is Cc1ccccc1CC(=O)NC(=S)NCc1cccnc1. The van der Waals surface area contributed by atoms with E-state index in [9.17, 15) is 4.79 Å². The Labute approximate surface area is 129 Å². The number of nitrogens with zero attached hydrogens (tertiary/aromatic N) is 1. The molecule has 0 spiro atoms. The number of carbonyl (C=O) groups is 1. The van der Waals surface area contributed by atoms with Crippen LogP contribution in [0.3, 0.4) is 0 Å². The van der Waals surface area contributed by atoms with Crippen LogP contribution in [0.1, 0.15) is 16.7 Å². The number of benzene rings is 1. The van der Waals surface area contributed by atoms with Crippen LogP contribution in [0.5, 0.6) is 0 Å². The van der Waals surface area contributed by atoms with Crippen LogP contribution >= 0.6 is 12.2 Å². The molecule has 2 N–H and O–H groups in total. The number of aromatic nitrogens is 1. The Bertz CT molecular complexity index is 628. The first-order chi connectivity index (χ1) is 10.1. The number of hydrogen-bond donors (Lipinski definition) is 2. The van der Waals surface area contributed by atoms with Crippen molar-refractivity contribution in [2.75, 3.05) is 0 Å². The average Bonchev–Trinajstić information content (AvgIpc) is 2.48. The van der Waals surface area contributed by atoms with Crippen LogP contribution in [0.25, 0.3) is 0 Å². The van der Waals surface area contributed by atoms with Crippen molar-refractivity contribution in [1.29, 1.82) is 0 Å². The molecule has 1 aromatic carbocycles. The van der Waals surface area contributed by atoms with Gasteiger partial charge in [-0.3, -0.25) is 9.78 Å². The van der Waals surface area contributed by atoms with E-state index in [0.29, 0.717) is 18.1 Å². The Hall–Kier alpha value is -2.27. The fraction of sp³-hybridized carbons (Fsp3) is 0.188. The Morgan fingerprint density at radius 3 is 2.76 bits per heavy atom. The maximum Gasteiger partial charge on any atom is 0.230 e. The summed E-state index contributed by atoms with van der Waals surface area (Å²) in [5.41, 5.74) is 3.11. The molecule has 1 amide bonds. The van der Waals surface area contributed by atoms with Crippen LogP contribution in [-0.2, 0) is 17.8 Å². The number of carbonyl (C=O) groups excluding carboxylic acids is 1. The normalized spacial score (nSPS) is 9.95. The molecule has 1 aromatic heterocycles. The lowest BCUT2D eigenvalue weighted by atomic mass is 10.1. The monoisotopic (exact) mass is 299 g/mol. The minimum atomic E-state index is -0.118. The molecule has 0 aliphatic carbocycles. The lowest BCUT2D eigenvalue weighted by Gasteiger charge is -2.10. The minimum Gasteiger partial charge on any atom is -0.358 e. The van der Waals surface area contributed by atoms with Crippen LogP contribution < -0.4 is 10.6 Å². The van der Waals surface area contributed by atoms with Crippen molar-refractivity contribution in [1.82, 2.24) is 15.6 Å². The summed E-state index contributed by atoms with van der Waals surface area (Å²) in [4.78, 5) is 16.0. The van der Waals surface area contributed by atoms with E-state index >= 15 is 0 Å². The van der Waals surface area contributed by atoms with Gasteiger partial charge in [-0.1, -0.05) is 30.3 Å². The molecule has 0 bridgehead atoms. The Balaban J connectivity index is 1.80. The number of hydrogen-bond acceptors (Lipinski definition) is 3. The third kappa shape index (κ3) is 4.96. The van der Waals surface area contributed by atoms with Crippen molar-refractivity contribution in [3.63, 3.8) is 0 Å². The van der Waals surface area contributed by atoms with Gasteiger partial charge < -0.3 is 10.6 Å². The Morgan fingerprint density at radius 2 is 2.05 bits per heavy atom. The first kappa shape index (κ1) is 15.1. The number of nitrogens with one attached hydrogen (secondary N) is 2. The topological polar surface area (TPSA) is 54.0 Å². The lowest BCUT2D eigenvalue weighted by Crippen LogP contribution is -2.39. The van der Waals surface area contributed by atoms with Gasteiger partial charge in [0.05, 0.1) is 6.42 Å². The van der Waals surface area contributed by atoms with Gasteiger partial charge in [-0.25, -0.2) is 0 Å². The van der Waals surface area contributed by atoms with Gasteiger partial charge in [-0.05, 0) is 41.9 Å². The summed E-state index contributed by atoms with van der Waals surface area (Å²) in [5, 5.41) is 6.01. The lowest BCUT2D eigenvalue weighted by molar-refractivity contribution is -0.119. The molecule has 0 atom stereocenters.